The van der Waals surface area contributed by atoms with Crippen molar-refractivity contribution >= 4 is 11.6 Å². The Morgan fingerprint density at radius 1 is 1.28 bits per heavy atom. The Balaban J connectivity index is 1.45. The number of nitrogens with zero attached hydrogens (tertiary/aromatic N) is 5. The van der Waals surface area contributed by atoms with E-state index in [1.54, 1.807) is 23.6 Å². The van der Waals surface area contributed by atoms with Gasteiger partial charge in [0, 0.05) is 37.9 Å². The van der Waals surface area contributed by atoms with Gasteiger partial charge in [-0.05, 0) is 31.4 Å². The summed E-state index contributed by atoms with van der Waals surface area (Å²) in [5.41, 5.74) is 1.53. The van der Waals surface area contributed by atoms with Gasteiger partial charge >= 0.3 is 0 Å². The average molecular weight is 339 g/mol. The van der Waals surface area contributed by atoms with E-state index >= 15 is 0 Å². The van der Waals surface area contributed by atoms with Gasteiger partial charge in [0.25, 0.3) is 5.91 Å². The summed E-state index contributed by atoms with van der Waals surface area (Å²) in [6, 6.07) is 3.89. The van der Waals surface area contributed by atoms with Gasteiger partial charge in [-0.15, -0.1) is 0 Å². The number of pyridine rings is 1. The molecule has 3 aromatic heterocycles. The fourth-order valence-electron chi connectivity index (χ4n) is 3.37. The smallest absolute Gasteiger partial charge is 0.274 e. The Kier molecular flexibility index (Phi) is 3.80. The topological polar surface area (TPSA) is 75.7 Å². The zero-order valence-corrected chi connectivity index (χ0v) is 14.2. The van der Waals surface area contributed by atoms with E-state index in [0.29, 0.717) is 38.2 Å². The summed E-state index contributed by atoms with van der Waals surface area (Å²) in [7, 11) is 0. The van der Waals surface area contributed by atoms with Crippen LogP contribution in [-0.4, -0.2) is 53.5 Å². The molecule has 7 heteroatoms. The molecule has 0 saturated carbocycles. The van der Waals surface area contributed by atoms with Gasteiger partial charge in [-0.25, -0.2) is 9.97 Å². The molecular formula is C18H21N5O2. The highest BCUT2D eigenvalue weighted by Gasteiger charge is 2.35. The first-order valence-electron chi connectivity index (χ1n) is 8.45. The van der Waals surface area contributed by atoms with Crippen LogP contribution >= 0.6 is 0 Å². The van der Waals surface area contributed by atoms with Crippen LogP contribution in [0.3, 0.4) is 0 Å². The molecule has 1 N–H and O–H groups in total. The zero-order chi connectivity index (χ0) is 17.4. The third-order valence-electron chi connectivity index (χ3n) is 4.84. The van der Waals surface area contributed by atoms with E-state index in [2.05, 4.69) is 9.97 Å². The lowest BCUT2D eigenvalue weighted by Crippen LogP contribution is -2.48. The fourth-order valence-corrected chi connectivity index (χ4v) is 3.37. The van der Waals surface area contributed by atoms with Crippen LogP contribution in [0.25, 0.3) is 5.65 Å². The van der Waals surface area contributed by atoms with Crippen molar-refractivity contribution in [2.45, 2.75) is 31.9 Å². The second-order valence-corrected chi connectivity index (χ2v) is 6.85. The number of carbonyl (C=O) groups excluding carboxylic acids is 1. The Labute approximate surface area is 145 Å². The Morgan fingerprint density at radius 2 is 2.08 bits per heavy atom. The van der Waals surface area contributed by atoms with E-state index < -0.39 is 5.60 Å². The minimum absolute atomic E-state index is 0.0777. The third kappa shape index (κ3) is 3.15. The van der Waals surface area contributed by atoms with E-state index in [1.807, 2.05) is 40.4 Å². The van der Waals surface area contributed by atoms with Crippen molar-refractivity contribution in [2.24, 2.45) is 0 Å². The van der Waals surface area contributed by atoms with Crippen molar-refractivity contribution in [3.63, 3.8) is 0 Å². The van der Waals surface area contributed by atoms with Gasteiger partial charge in [0.05, 0.1) is 18.5 Å². The molecule has 1 fully saturated rings. The van der Waals surface area contributed by atoms with Gasteiger partial charge in [-0.1, -0.05) is 6.07 Å². The number of aliphatic hydroxyl groups is 1. The van der Waals surface area contributed by atoms with Crippen LogP contribution in [0.4, 0.5) is 0 Å². The predicted molar refractivity (Wildman–Crippen MR) is 92.2 cm³/mol. The summed E-state index contributed by atoms with van der Waals surface area (Å²) < 4.78 is 3.75. The number of hydrogen-bond donors (Lipinski definition) is 1. The van der Waals surface area contributed by atoms with Crippen molar-refractivity contribution in [3.05, 3.63) is 54.5 Å². The van der Waals surface area contributed by atoms with Crippen molar-refractivity contribution < 1.29 is 9.90 Å². The van der Waals surface area contributed by atoms with E-state index in [4.69, 9.17) is 0 Å². The molecular weight excluding hydrogens is 318 g/mol. The molecule has 4 rings (SSSR count). The van der Waals surface area contributed by atoms with Crippen LogP contribution in [0.2, 0.25) is 0 Å². The van der Waals surface area contributed by atoms with E-state index in [9.17, 15) is 9.90 Å². The molecule has 130 valence electrons. The Morgan fingerprint density at radius 3 is 2.80 bits per heavy atom. The lowest BCUT2D eigenvalue weighted by atomic mass is 9.91. The number of hydrogen-bond acceptors (Lipinski definition) is 4. The van der Waals surface area contributed by atoms with E-state index in [1.165, 1.54) is 0 Å². The average Bonchev–Trinajstić information content (AvgIpc) is 3.23. The van der Waals surface area contributed by atoms with Gasteiger partial charge < -0.3 is 19.0 Å². The van der Waals surface area contributed by atoms with Crippen molar-refractivity contribution in [1.82, 2.24) is 23.8 Å². The maximum absolute atomic E-state index is 12.7. The number of piperidine rings is 1. The summed E-state index contributed by atoms with van der Waals surface area (Å²) in [4.78, 5) is 22.9. The van der Waals surface area contributed by atoms with Crippen molar-refractivity contribution in [1.29, 1.82) is 0 Å². The lowest BCUT2D eigenvalue weighted by Gasteiger charge is -2.38. The van der Waals surface area contributed by atoms with Crippen LogP contribution in [-0.2, 0) is 6.54 Å². The first-order chi connectivity index (χ1) is 12.0. The molecule has 3 aromatic rings. The monoisotopic (exact) mass is 339 g/mol. The van der Waals surface area contributed by atoms with Crippen LogP contribution in [0.1, 0.15) is 28.9 Å². The number of carbonyl (C=O) groups is 1. The van der Waals surface area contributed by atoms with Gasteiger partial charge in [-0.3, -0.25) is 4.79 Å². The normalized spacial score (nSPS) is 17.1. The highest BCUT2D eigenvalue weighted by atomic mass is 16.3. The van der Waals surface area contributed by atoms with Gasteiger partial charge in [0.1, 0.15) is 11.3 Å². The highest BCUT2D eigenvalue weighted by Crippen LogP contribution is 2.25. The number of rotatable bonds is 3. The molecule has 1 amide bonds. The van der Waals surface area contributed by atoms with Crippen LogP contribution < -0.4 is 0 Å². The first-order valence-corrected chi connectivity index (χ1v) is 8.45. The molecule has 25 heavy (non-hydrogen) atoms. The van der Waals surface area contributed by atoms with Crippen LogP contribution in [0, 0.1) is 6.92 Å². The van der Waals surface area contributed by atoms with E-state index in [-0.39, 0.29) is 5.91 Å². The minimum Gasteiger partial charge on any atom is -0.388 e. The fraction of sp³-hybridized carbons (Fsp3) is 0.389. The number of imidazole rings is 2. The lowest BCUT2D eigenvalue weighted by molar-refractivity contribution is -0.0293. The number of aryl methyl sites for hydroxylation is 1. The summed E-state index contributed by atoms with van der Waals surface area (Å²) >= 11 is 0. The standard InChI is InChI=1S/C18H21N5O2/c1-14-2-3-16-20-15(11-23(16)10-14)17(24)22-7-4-18(25,5-8-22)12-21-9-6-19-13-21/h2-3,6,9-11,13,25H,4-5,7-8,12H2,1H3. The van der Waals surface area contributed by atoms with Crippen LogP contribution in [0.5, 0.6) is 0 Å². The SMILES string of the molecule is Cc1ccc2nc(C(=O)N3CCC(O)(Cn4ccnc4)CC3)cn2c1. The third-order valence-corrected chi connectivity index (χ3v) is 4.84. The number of amides is 1. The number of aromatic nitrogens is 4. The summed E-state index contributed by atoms with van der Waals surface area (Å²) in [5.74, 6) is -0.0777. The highest BCUT2D eigenvalue weighted by molar-refractivity contribution is 5.93. The van der Waals surface area contributed by atoms with Gasteiger partial charge in [-0.2, -0.15) is 0 Å². The maximum Gasteiger partial charge on any atom is 0.274 e. The molecule has 0 spiro atoms. The molecule has 4 heterocycles. The maximum atomic E-state index is 12.7. The predicted octanol–water partition coefficient (Wildman–Crippen LogP) is 1.51. The molecule has 0 bridgehead atoms. The second-order valence-electron chi connectivity index (χ2n) is 6.85. The molecule has 1 saturated heterocycles. The van der Waals surface area contributed by atoms with Crippen LogP contribution in [0.15, 0.2) is 43.2 Å². The zero-order valence-electron chi connectivity index (χ0n) is 14.2. The largest absolute Gasteiger partial charge is 0.388 e. The first kappa shape index (κ1) is 15.8. The molecule has 0 atom stereocenters. The molecule has 0 unspecified atom stereocenters. The van der Waals surface area contributed by atoms with Crippen molar-refractivity contribution in [2.75, 3.05) is 13.1 Å². The number of likely N-dealkylation sites (tertiary alicyclic amines) is 1. The number of fused-ring (bicyclic) bond motifs is 1. The molecule has 0 aromatic carbocycles. The summed E-state index contributed by atoms with van der Waals surface area (Å²) in [6.07, 6.45) is 10.1. The molecule has 0 aliphatic carbocycles. The Bertz CT molecular complexity index is 891. The van der Waals surface area contributed by atoms with Gasteiger partial charge in [0.15, 0.2) is 0 Å². The van der Waals surface area contributed by atoms with E-state index in [0.717, 1.165) is 11.2 Å². The molecule has 0 radical (unpaired) electrons. The molecule has 7 nitrogen and oxygen atoms in total. The second kappa shape index (κ2) is 6.00. The van der Waals surface area contributed by atoms with Crippen molar-refractivity contribution in [3.8, 4) is 0 Å². The Hall–Kier alpha value is -2.67. The summed E-state index contributed by atoms with van der Waals surface area (Å²) in [6.45, 7) is 3.56. The molecule has 1 aliphatic heterocycles. The molecule has 1 aliphatic rings. The summed E-state index contributed by atoms with van der Waals surface area (Å²) in [5, 5.41) is 10.8. The minimum atomic E-state index is -0.798. The quantitative estimate of drug-likeness (QED) is 0.785. The van der Waals surface area contributed by atoms with Gasteiger partial charge in [0.2, 0.25) is 0 Å².